The van der Waals surface area contributed by atoms with E-state index < -0.39 is 18.3 Å². The maximum Gasteiger partial charge on any atom is 1.00 e. The molecule has 0 unspecified atom stereocenters. The minimum atomic E-state index is -3.04. The van der Waals surface area contributed by atoms with Gasteiger partial charge in [0.05, 0.1) is 24.4 Å². The van der Waals surface area contributed by atoms with Crippen molar-refractivity contribution >= 4 is 12.7 Å². The number of carboxylic acids is 1. The number of fused-ring (bicyclic) bond motifs is 1. The molecular formula is C9H10BNNa2O6. The van der Waals surface area contributed by atoms with E-state index in [4.69, 9.17) is 9.39 Å². The first kappa shape index (κ1) is 19.2. The van der Waals surface area contributed by atoms with Gasteiger partial charge in [-0.1, -0.05) is 6.32 Å². The first-order valence-electron chi connectivity index (χ1n) is 5.01. The molecule has 1 aromatic rings. The van der Waals surface area contributed by atoms with E-state index in [1.165, 1.54) is 13.3 Å². The second-order valence-corrected chi connectivity index (χ2v) is 3.80. The van der Waals surface area contributed by atoms with Gasteiger partial charge < -0.3 is 29.3 Å². The van der Waals surface area contributed by atoms with Gasteiger partial charge in [-0.3, -0.25) is 0 Å². The molecule has 0 amide bonds. The van der Waals surface area contributed by atoms with Crippen molar-refractivity contribution in [3.05, 3.63) is 17.3 Å². The number of hydrogen-bond donors (Lipinski definition) is 2. The summed E-state index contributed by atoms with van der Waals surface area (Å²) < 4.78 is 9.66. The first-order valence-corrected chi connectivity index (χ1v) is 5.01. The fraction of sp³-hybridized carbons (Fsp3) is 0.333. The van der Waals surface area contributed by atoms with E-state index >= 15 is 0 Å². The SMILES string of the molecule is COc1ncc2c(c1C(=O)[O-])O[B-](O)(O)CC2.[Na+].[Na+]. The fourth-order valence-electron chi connectivity index (χ4n) is 1.76. The summed E-state index contributed by atoms with van der Waals surface area (Å²) >= 11 is 0. The number of aryl methyl sites for hydroxylation is 1. The van der Waals surface area contributed by atoms with Crippen LogP contribution >= 0.6 is 0 Å². The third-order valence-electron chi connectivity index (χ3n) is 2.56. The number of carboxylic acid groups (broad SMARTS) is 1. The summed E-state index contributed by atoms with van der Waals surface area (Å²) in [5.74, 6) is -1.87. The Morgan fingerprint density at radius 1 is 1.53 bits per heavy atom. The Hall–Kier alpha value is 0.205. The number of hydrogen-bond acceptors (Lipinski definition) is 7. The van der Waals surface area contributed by atoms with Crippen LogP contribution in [0.25, 0.3) is 0 Å². The molecule has 0 radical (unpaired) electrons. The number of nitrogens with zero attached hydrogens (tertiary/aromatic N) is 1. The van der Waals surface area contributed by atoms with E-state index in [1.54, 1.807) is 0 Å². The van der Waals surface area contributed by atoms with Gasteiger partial charge in [0.1, 0.15) is 0 Å². The Balaban J connectivity index is 0.00000162. The minimum Gasteiger partial charge on any atom is -0.669 e. The van der Waals surface area contributed by atoms with Crippen LogP contribution in [0.1, 0.15) is 15.9 Å². The number of methoxy groups -OCH3 is 1. The van der Waals surface area contributed by atoms with Crippen LogP contribution in [0.2, 0.25) is 6.32 Å². The summed E-state index contributed by atoms with van der Waals surface area (Å²) in [6, 6.07) is 0. The molecular weight excluding hydrogens is 275 g/mol. The van der Waals surface area contributed by atoms with Gasteiger partial charge in [-0.05, 0) is 6.42 Å². The number of pyridine rings is 1. The summed E-state index contributed by atoms with van der Waals surface area (Å²) in [5.41, 5.74) is 0.0738. The molecule has 2 N–H and O–H groups in total. The Kier molecular flexibility index (Phi) is 7.36. The quantitative estimate of drug-likeness (QED) is 0.519. The largest absolute Gasteiger partial charge is 1.00 e. The third kappa shape index (κ3) is 4.09. The molecule has 2 rings (SSSR count). The zero-order valence-electron chi connectivity index (χ0n) is 11.0. The normalized spacial score (nSPS) is 15.1. The Morgan fingerprint density at radius 2 is 2.16 bits per heavy atom. The van der Waals surface area contributed by atoms with Gasteiger partial charge in [0.25, 0.3) is 0 Å². The van der Waals surface area contributed by atoms with Crippen LogP contribution < -0.4 is 73.6 Å². The second-order valence-electron chi connectivity index (χ2n) is 3.80. The topological polar surface area (TPSA) is 112 Å². The van der Waals surface area contributed by atoms with Crippen molar-refractivity contribution in [3.63, 3.8) is 0 Å². The molecule has 0 atom stereocenters. The standard InChI is InChI=1S/C9H11BNO6.2Na/c1-16-8-6(9(12)13)7-5(4-11-8)2-3-10(14,15)17-7;;/h4,14-15H,2-3H2,1H3,(H,12,13);;/q-1;2*+1/p-1. The van der Waals surface area contributed by atoms with Gasteiger partial charge in [-0.2, -0.15) is 0 Å². The summed E-state index contributed by atoms with van der Waals surface area (Å²) in [4.78, 5) is 14.8. The van der Waals surface area contributed by atoms with E-state index in [2.05, 4.69) is 4.98 Å². The van der Waals surface area contributed by atoms with Crippen molar-refractivity contribution < 1.29 is 88.5 Å². The maximum absolute atomic E-state index is 11.0. The van der Waals surface area contributed by atoms with Crippen molar-refractivity contribution in [3.8, 4) is 11.6 Å². The first-order chi connectivity index (χ1) is 7.94. The predicted octanol–water partition coefficient (Wildman–Crippen LogP) is -7.68. The average Bonchev–Trinajstić information content (AvgIpc) is 2.25. The molecule has 0 aromatic carbocycles. The second kappa shape index (κ2) is 7.28. The zero-order chi connectivity index (χ0) is 12.6. The van der Waals surface area contributed by atoms with Gasteiger partial charge in [-0.25, -0.2) is 4.98 Å². The van der Waals surface area contributed by atoms with E-state index in [-0.39, 0.29) is 83.5 Å². The molecule has 0 fully saturated rings. The van der Waals surface area contributed by atoms with Crippen molar-refractivity contribution in [2.45, 2.75) is 12.7 Å². The van der Waals surface area contributed by atoms with Crippen molar-refractivity contribution in [1.82, 2.24) is 4.98 Å². The monoisotopic (exact) mass is 285 g/mol. The van der Waals surface area contributed by atoms with Gasteiger partial charge in [0, 0.05) is 11.8 Å². The van der Waals surface area contributed by atoms with E-state index in [1.807, 2.05) is 0 Å². The molecule has 1 aromatic heterocycles. The van der Waals surface area contributed by atoms with Crippen LogP contribution in [0.15, 0.2) is 6.20 Å². The molecule has 1 aliphatic heterocycles. The molecule has 7 nitrogen and oxygen atoms in total. The van der Waals surface area contributed by atoms with Gasteiger partial charge >= 0.3 is 65.9 Å². The molecule has 2 heterocycles. The van der Waals surface area contributed by atoms with Gasteiger partial charge in [0.15, 0.2) is 0 Å². The van der Waals surface area contributed by atoms with Crippen LogP contribution in [-0.2, 0) is 6.42 Å². The van der Waals surface area contributed by atoms with E-state index in [0.29, 0.717) is 5.56 Å². The zero-order valence-corrected chi connectivity index (χ0v) is 15.0. The van der Waals surface area contributed by atoms with E-state index in [9.17, 15) is 19.9 Å². The summed E-state index contributed by atoms with van der Waals surface area (Å²) in [6.07, 6.45) is 1.64. The molecule has 10 heteroatoms. The molecule has 0 spiro atoms. The van der Waals surface area contributed by atoms with Crippen molar-refractivity contribution in [2.24, 2.45) is 0 Å². The smallest absolute Gasteiger partial charge is 0.669 e. The van der Waals surface area contributed by atoms with Crippen molar-refractivity contribution in [2.75, 3.05) is 7.11 Å². The molecule has 0 bridgehead atoms. The predicted molar refractivity (Wildman–Crippen MR) is 54.5 cm³/mol. The fourth-order valence-corrected chi connectivity index (χ4v) is 1.76. The maximum atomic E-state index is 11.0. The van der Waals surface area contributed by atoms with Crippen LogP contribution in [0.5, 0.6) is 11.6 Å². The van der Waals surface area contributed by atoms with E-state index in [0.717, 1.165) is 0 Å². The van der Waals surface area contributed by atoms with Gasteiger partial charge in [-0.15, -0.1) is 0 Å². The third-order valence-corrected chi connectivity index (χ3v) is 2.56. The number of rotatable bonds is 2. The summed E-state index contributed by atoms with van der Waals surface area (Å²) in [6.45, 7) is -3.04. The molecule has 0 saturated carbocycles. The van der Waals surface area contributed by atoms with Crippen LogP contribution in [-0.4, -0.2) is 34.9 Å². The molecule has 19 heavy (non-hydrogen) atoms. The average molecular weight is 285 g/mol. The number of ether oxygens (including phenoxy) is 1. The number of aromatic carboxylic acids is 1. The van der Waals surface area contributed by atoms with Crippen molar-refractivity contribution in [1.29, 1.82) is 0 Å². The Morgan fingerprint density at radius 3 is 2.68 bits per heavy atom. The molecule has 0 saturated heterocycles. The minimum absolute atomic E-state index is 0. The van der Waals surface area contributed by atoms with Crippen LogP contribution in [0, 0.1) is 0 Å². The summed E-state index contributed by atoms with van der Waals surface area (Å²) in [7, 11) is 1.25. The number of aromatic nitrogens is 1. The number of carbonyl (C=O) groups excluding carboxylic acids is 1. The Labute approximate surface area is 153 Å². The molecule has 0 aliphatic carbocycles. The Bertz CT molecular complexity index is 484. The van der Waals surface area contributed by atoms with Crippen LogP contribution in [0.3, 0.4) is 0 Å². The van der Waals surface area contributed by atoms with Gasteiger partial charge in [0.2, 0.25) is 5.88 Å². The molecule has 92 valence electrons. The summed E-state index contributed by atoms with van der Waals surface area (Å²) in [5, 5.41) is 29.8. The number of carbonyl (C=O) groups is 1. The van der Waals surface area contributed by atoms with Crippen LogP contribution in [0.4, 0.5) is 0 Å². The molecule has 1 aliphatic rings.